The Morgan fingerprint density at radius 3 is 1.17 bits per heavy atom. The topological polar surface area (TPSA) is 6.48 Å². The van der Waals surface area contributed by atoms with Crippen LogP contribution in [0.25, 0.3) is 54.6 Å². The maximum absolute atomic E-state index is 15.4. The Labute approximate surface area is 349 Å². The molecule has 290 valence electrons. The van der Waals surface area contributed by atoms with E-state index in [9.17, 15) is 0 Å². The first-order chi connectivity index (χ1) is 29.2. The van der Waals surface area contributed by atoms with Crippen LogP contribution in [0.2, 0.25) is 0 Å². The molecule has 0 aliphatic rings. The number of halogens is 2. The summed E-state index contributed by atoms with van der Waals surface area (Å²) in [6, 6.07) is 66.7. The molecule has 0 spiro atoms. The maximum atomic E-state index is 15.4. The second-order valence-electron chi connectivity index (χ2n) is 16.5. The molecular weight excluding hydrogens is 739 g/mol. The number of hydrogen-bond donors (Lipinski definition) is 0. The average molecular weight is 781 g/mol. The van der Waals surface area contributed by atoms with E-state index in [-0.39, 0.29) is 17.0 Å². The Balaban J connectivity index is 1.29. The molecule has 2 nitrogen and oxygen atoms in total. The molecule has 10 aromatic carbocycles. The van der Waals surface area contributed by atoms with Crippen molar-refractivity contribution in [3.05, 3.63) is 217 Å². The average Bonchev–Trinajstić information content (AvgIpc) is 3.27. The van der Waals surface area contributed by atoms with E-state index in [1.54, 1.807) is 24.3 Å². The van der Waals surface area contributed by atoms with Gasteiger partial charge in [0, 0.05) is 38.9 Å². The van der Waals surface area contributed by atoms with Gasteiger partial charge in [-0.1, -0.05) is 154 Å². The minimum absolute atomic E-state index is 0.0546. The number of benzene rings is 10. The van der Waals surface area contributed by atoms with Gasteiger partial charge in [-0.2, -0.15) is 0 Å². The highest BCUT2D eigenvalue weighted by Crippen LogP contribution is 2.51. The zero-order valence-electron chi connectivity index (χ0n) is 33.7. The van der Waals surface area contributed by atoms with Crippen molar-refractivity contribution < 1.29 is 8.78 Å². The molecule has 10 rings (SSSR count). The molecule has 0 heterocycles. The van der Waals surface area contributed by atoms with E-state index in [0.717, 1.165) is 77.3 Å². The Kier molecular flexibility index (Phi) is 9.14. The minimum Gasteiger partial charge on any atom is -0.310 e. The van der Waals surface area contributed by atoms with Gasteiger partial charge in [-0.25, -0.2) is 8.78 Å². The largest absolute Gasteiger partial charge is 0.310 e. The standard InChI is InChI=1S/C56H42F2N2/c1-56(2,3)43-32-41-24-30-50-52(59(48-18-10-16-44(57)34-48)46-26-20-39(21-27-46)37-12-6-4-7-13-37)36-53(51-31-25-42(33-43)54(41)55(50)51)60(49-19-11-17-45(58)35-49)47-28-22-40(23-29-47)38-14-8-5-9-15-38/h4-36H,1-3H3. The van der Waals surface area contributed by atoms with Crippen molar-refractivity contribution >= 4 is 66.4 Å². The van der Waals surface area contributed by atoms with Gasteiger partial charge < -0.3 is 9.80 Å². The van der Waals surface area contributed by atoms with Gasteiger partial charge in [0.2, 0.25) is 0 Å². The molecule has 0 aliphatic carbocycles. The molecule has 0 amide bonds. The first-order valence-corrected chi connectivity index (χ1v) is 20.4. The molecule has 0 bridgehead atoms. The van der Waals surface area contributed by atoms with E-state index in [0.29, 0.717) is 11.4 Å². The summed E-state index contributed by atoms with van der Waals surface area (Å²) < 4.78 is 30.8. The molecule has 0 saturated carbocycles. The summed E-state index contributed by atoms with van der Waals surface area (Å²) in [6.07, 6.45) is 0. The van der Waals surface area contributed by atoms with Crippen molar-refractivity contribution in [3.63, 3.8) is 0 Å². The number of hydrogen-bond acceptors (Lipinski definition) is 2. The summed E-state index contributed by atoms with van der Waals surface area (Å²) in [5.41, 5.74) is 10.5. The molecule has 0 atom stereocenters. The molecular formula is C56H42F2N2. The molecule has 0 aromatic heterocycles. The predicted octanol–water partition coefficient (Wildman–Crippen LogP) is 16.4. The monoisotopic (exact) mass is 780 g/mol. The molecule has 10 aromatic rings. The van der Waals surface area contributed by atoms with Crippen LogP contribution in [-0.2, 0) is 5.41 Å². The smallest absolute Gasteiger partial charge is 0.125 e. The third-order valence-corrected chi connectivity index (χ3v) is 11.6. The quantitative estimate of drug-likeness (QED) is 0.142. The zero-order chi connectivity index (χ0) is 41.0. The third kappa shape index (κ3) is 6.70. The van der Waals surface area contributed by atoms with Crippen LogP contribution < -0.4 is 9.80 Å². The van der Waals surface area contributed by atoms with Gasteiger partial charge in [-0.05, 0) is 116 Å². The van der Waals surface area contributed by atoms with Gasteiger partial charge in [0.25, 0.3) is 0 Å². The van der Waals surface area contributed by atoms with E-state index in [1.807, 2.05) is 48.5 Å². The van der Waals surface area contributed by atoms with Gasteiger partial charge in [-0.15, -0.1) is 0 Å². The summed E-state index contributed by atoms with van der Waals surface area (Å²) in [5.74, 6) is -0.656. The fourth-order valence-electron chi connectivity index (χ4n) is 8.63. The first-order valence-electron chi connectivity index (χ1n) is 20.4. The van der Waals surface area contributed by atoms with E-state index < -0.39 is 0 Å². The van der Waals surface area contributed by atoms with Crippen LogP contribution in [-0.4, -0.2) is 0 Å². The van der Waals surface area contributed by atoms with Gasteiger partial charge >= 0.3 is 0 Å². The zero-order valence-corrected chi connectivity index (χ0v) is 33.7. The van der Waals surface area contributed by atoms with Gasteiger partial charge in [-0.3, -0.25) is 0 Å². The lowest BCUT2D eigenvalue weighted by Gasteiger charge is -2.32. The Hall–Kier alpha value is -7.30. The minimum atomic E-state index is -0.328. The van der Waals surface area contributed by atoms with Crippen LogP contribution in [0.4, 0.5) is 42.9 Å². The van der Waals surface area contributed by atoms with Crippen LogP contribution in [0.5, 0.6) is 0 Å². The highest BCUT2D eigenvalue weighted by molar-refractivity contribution is 6.29. The van der Waals surface area contributed by atoms with Crippen LogP contribution >= 0.6 is 0 Å². The van der Waals surface area contributed by atoms with E-state index in [2.05, 4.69) is 146 Å². The summed E-state index contributed by atoms with van der Waals surface area (Å²) in [5, 5.41) is 6.57. The highest BCUT2D eigenvalue weighted by atomic mass is 19.1. The fraction of sp³-hybridized carbons (Fsp3) is 0.0714. The number of nitrogens with zero attached hydrogens (tertiary/aromatic N) is 2. The Morgan fingerprint density at radius 2 is 0.767 bits per heavy atom. The van der Waals surface area contributed by atoms with Crippen molar-refractivity contribution in [2.45, 2.75) is 26.2 Å². The maximum Gasteiger partial charge on any atom is 0.125 e. The molecule has 0 fully saturated rings. The van der Waals surface area contributed by atoms with Gasteiger partial charge in [0.05, 0.1) is 11.4 Å². The van der Waals surface area contributed by atoms with Crippen LogP contribution in [0.1, 0.15) is 26.3 Å². The molecule has 0 saturated heterocycles. The lowest BCUT2D eigenvalue weighted by atomic mass is 9.83. The molecule has 0 unspecified atom stereocenters. The summed E-state index contributed by atoms with van der Waals surface area (Å²) >= 11 is 0. The molecule has 0 aliphatic heterocycles. The molecule has 0 N–H and O–H groups in total. The van der Waals surface area contributed by atoms with Crippen LogP contribution in [0.3, 0.4) is 0 Å². The predicted molar refractivity (Wildman–Crippen MR) is 249 cm³/mol. The van der Waals surface area contributed by atoms with E-state index in [1.165, 1.54) is 17.7 Å². The first kappa shape index (κ1) is 37.0. The van der Waals surface area contributed by atoms with E-state index in [4.69, 9.17) is 0 Å². The van der Waals surface area contributed by atoms with Crippen molar-refractivity contribution in [1.82, 2.24) is 0 Å². The number of anilines is 6. The Bertz CT molecular complexity index is 2930. The van der Waals surface area contributed by atoms with Crippen LogP contribution in [0.15, 0.2) is 200 Å². The Morgan fingerprint density at radius 1 is 0.350 bits per heavy atom. The van der Waals surface area contributed by atoms with Gasteiger partial charge in [0.1, 0.15) is 11.6 Å². The van der Waals surface area contributed by atoms with Crippen molar-refractivity contribution in [1.29, 1.82) is 0 Å². The molecule has 60 heavy (non-hydrogen) atoms. The van der Waals surface area contributed by atoms with Crippen molar-refractivity contribution in [2.24, 2.45) is 0 Å². The second-order valence-corrected chi connectivity index (χ2v) is 16.5. The summed E-state index contributed by atoms with van der Waals surface area (Å²) in [4.78, 5) is 4.30. The SMILES string of the molecule is CC(C)(C)c1cc2ccc3c(N(c4ccc(-c5ccccc5)cc4)c4cccc(F)c4)cc(N(c4ccc(-c5ccccc5)cc4)c4cccc(F)c4)c4ccc(c1)c2c34. The molecule has 0 radical (unpaired) electrons. The fourth-order valence-corrected chi connectivity index (χ4v) is 8.63. The van der Waals surface area contributed by atoms with Gasteiger partial charge in [0.15, 0.2) is 0 Å². The molecule has 4 heteroatoms. The van der Waals surface area contributed by atoms with Crippen molar-refractivity contribution in [3.8, 4) is 22.3 Å². The highest BCUT2D eigenvalue weighted by Gasteiger charge is 2.26. The third-order valence-electron chi connectivity index (χ3n) is 11.6. The summed E-state index contributed by atoms with van der Waals surface area (Å²) in [6.45, 7) is 6.74. The normalized spacial score (nSPS) is 11.8. The van der Waals surface area contributed by atoms with Crippen molar-refractivity contribution in [2.75, 3.05) is 9.80 Å². The number of rotatable bonds is 8. The summed E-state index contributed by atoms with van der Waals surface area (Å²) in [7, 11) is 0. The lowest BCUT2D eigenvalue weighted by Crippen LogP contribution is -2.15. The van der Waals surface area contributed by atoms with Crippen LogP contribution in [0, 0.1) is 11.6 Å². The second kappa shape index (κ2) is 14.8. The lowest BCUT2D eigenvalue weighted by molar-refractivity contribution is 0.591. The van der Waals surface area contributed by atoms with E-state index >= 15 is 8.78 Å².